The number of aromatic amines is 1. The molecule has 0 spiro atoms. The first kappa shape index (κ1) is 40.9. The summed E-state index contributed by atoms with van der Waals surface area (Å²) >= 11 is 7.26. The second-order valence-corrected chi connectivity index (χ2v) is 17.6. The number of aromatic nitrogens is 8. The molecule has 11 aromatic heterocycles. The third-order valence-electron chi connectivity index (χ3n) is 9.55. The van der Waals surface area contributed by atoms with Gasteiger partial charge in [0.05, 0.1) is 49.7 Å². The van der Waals surface area contributed by atoms with Crippen LogP contribution in [0.1, 0.15) is 0 Å². The summed E-state index contributed by atoms with van der Waals surface area (Å²) in [6, 6.07) is 48.9. The van der Waals surface area contributed by atoms with Gasteiger partial charge in [-0.15, -0.1) is 45.3 Å². The Morgan fingerprint density at radius 1 is 0.339 bits per heavy atom. The smallest absolute Gasteiger partial charge is 0.337 e. The minimum Gasteiger partial charge on any atom is -0.337 e. The number of thiophene rings is 4. The van der Waals surface area contributed by atoms with Gasteiger partial charge in [-0.3, -0.25) is 29.9 Å². The van der Waals surface area contributed by atoms with Crippen molar-refractivity contribution in [1.29, 1.82) is 0 Å². The van der Waals surface area contributed by atoms with Crippen LogP contribution < -0.4 is 0 Å². The monoisotopic (exact) mass is 1050 g/mol. The first-order chi connectivity index (χ1) is 30.2. The third-order valence-corrected chi connectivity index (χ3v) is 14.3. The fraction of sp³-hybridized carbons (Fsp3) is 0. The fourth-order valence-electron chi connectivity index (χ4n) is 6.74. The molecule has 1 aromatic carbocycles. The van der Waals surface area contributed by atoms with Crippen molar-refractivity contribution in [3.63, 3.8) is 0 Å². The summed E-state index contributed by atoms with van der Waals surface area (Å²) in [5.74, 6) is 0.878. The molecule has 0 saturated heterocycles. The van der Waals surface area contributed by atoms with Gasteiger partial charge in [0.15, 0.2) is 0 Å². The van der Waals surface area contributed by atoms with E-state index >= 15 is 0 Å². The molecule has 0 amide bonds. The number of rotatable bonds is 6. The zero-order chi connectivity index (χ0) is 40.8. The molecule has 11 heterocycles. The van der Waals surface area contributed by atoms with Crippen LogP contribution in [0, 0.1) is 0 Å². The number of imidazole rings is 1. The predicted molar refractivity (Wildman–Crippen MR) is 255 cm³/mol. The van der Waals surface area contributed by atoms with E-state index in [1.165, 1.54) is 29.3 Å². The van der Waals surface area contributed by atoms with Gasteiger partial charge in [0.1, 0.15) is 5.82 Å². The van der Waals surface area contributed by atoms with Crippen LogP contribution in [0.25, 0.3) is 95.6 Å². The molecule has 0 aliphatic carbocycles. The number of hydrogen-bond acceptors (Lipinski definition) is 11. The molecule has 13 heteroatoms. The summed E-state index contributed by atoms with van der Waals surface area (Å²) in [6.45, 7) is 0. The second-order valence-electron chi connectivity index (χ2n) is 13.4. The van der Waals surface area contributed by atoms with Gasteiger partial charge in [0, 0.05) is 77.2 Å². The molecule has 0 fully saturated rings. The molecular formula is C49H32N8OsS4+4. The first-order valence-electron chi connectivity index (χ1n) is 19.3. The Morgan fingerprint density at radius 3 is 1.21 bits per heavy atom. The van der Waals surface area contributed by atoms with Crippen LogP contribution in [0.15, 0.2) is 188 Å². The molecule has 8 nitrogen and oxygen atoms in total. The van der Waals surface area contributed by atoms with Crippen molar-refractivity contribution in [2.24, 2.45) is 0 Å². The number of hydrogen-bond donors (Lipinski definition) is 1. The SMILES string of the molecule is [Os+4].c1ccc(-c2ccccn2)nc1.c1ccc(-c2ccccn2)nc1.c1csc(-c2ccc(-c3ccc(-c4ccc(-c5nc6c7cccnc7c7ncccc7c6[nH]5)s4)s3)s2)c1. The summed E-state index contributed by atoms with van der Waals surface area (Å²) in [7, 11) is 0. The normalized spacial score (nSPS) is 10.8. The Labute approximate surface area is 385 Å². The van der Waals surface area contributed by atoms with E-state index in [1.807, 2.05) is 120 Å². The number of pyridine rings is 6. The van der Waals surface area contributed by atoms with Crippen LogP contribution in [-0.2, 0) is 19.8 Å². The maximum Gasteiger partial charge on any atom is 4.00 e. The molecule has 296 valence electrons. The van der Waals surface area contributed by atoms with Crippen LogP contribution in [0.5, 0.6) is 0 Å². The van der Waals surface area contributed by atoms with Crippen molar-refractivity contribution < 1.29 is 19.8 Å². The van der Waals surface area contributed by atoms with Gasteiger partial charge in [-0.2, -0.15) is 0 Å². The standard InChI is InChI=1S/C29H16N4S4.2C10H8N2.Os/c1-4-16-25(30-13-1)26-17(5-2-14-31-26)28-27(16)32-29(33-28)24-12-11-23(37-24)22-10-9-21(36-22)20-8-7-19(35-20)18-6-3-15-34-18;2*1-3-7-11-9(5-1)10-6-2-4-8-12-10;/h1-15H,(H,32,33);2*1-8H;/q;;;+4. The van der Waals surface area contributed by atoms with E-state index in [1.54, 1.807) is 47.5 Å². The molecule has 0 saturated carbocycles. The molecule has 0 unspecified atom stereocenters. The average molecular weight is 1050 g/mol. The molecule has 12 aromatic rings. The van der Waals surface area contributed by atoms with Crippen molar-refractivity contribution in [2.45, 2.75) is 0 Å². The van der Waals surface area contributed by atoms with Gasteiger partial charge in [0.2, 0.25) is 0 Å². The number of benzene rings is 1. The number of H-pyrrole nitrogens is 1. The third kappa shape index (κ3) is 8.81. The minimum atomic E-state index is 0. The van der Waals surface area contributed by atoms with Gasteiger partial charge in [-0.1, -0.05) is 30.3 Å². The molecule has 62 heavy (non-hydrogen) atoms. The fourth-order valence-corrected chi connectivity index (χ4v) is 10.7. The van der Waals surface area contributed by atoms with Crippen molar-refractivity contribution in [3.8, 4) is 62.7 Å². The van der Waals surface area contributed by atoms with E-state index in [0.29, 0.717) is 0 Å². The first-order valence-corrected chi connectivity index (χ1v) is 22.6. The number of nitrogens with zero attached hydrogens (tertiary/aromatic N) is 7. The van der Waals surface area contributed by atoms with E-state index in [9.17, 15) is 0 Å². The Kier molecular flexibility index (Phi) is 12.6. The van der Waals surface area contributed by atoms with Gasteiger partial charge in [-0.05, 0) is 121 Å². The minimum absolute atomic E-state index is 0. The maximum atomic E-state index is 5.04. The average Bonchev–Trinajstić information content (AvgIpc) is 4.21. The number of fused-ring (bicyclic) bond motifs is 6. The largest absolute Gasteiger partial charge is 4.00 e. The quantitative estimate of drug-likeness (QED) is 0.165. The van der Waals surface area contributed by atoms with Crippen LogP contribution in [0.3, 0.4) is 0 Å². The summed E-state index contributed by atoms with van der Waals surface area (Å²) in [5, 5.41) is 4.19. The molecule has 0 aliphatic heterocycles. The second kappa shape index (κ2) is 19.1. The van der Waals surface area contributed by atoms with Gasteiger partial charge in [-0.25, -0.2) is 4.98 Å². The molecular weight excluding hydrogens is 1020 g/mol. The molecule has 12 rings (SSSR count). The Hall–Kier alpha value is -6.45. The molecule has 0 bridgehead atoms. The maximum absolute atomic E-state index is 5.04. The Morgan fingerprint density at radius 2 is 0.758 bits per heavy atom. The van der Waals surface area contributed by atoms with Gasteiger partial charge >= 0.3 is 19.8 Å². The van der Waals surface area contributed by atoms with Crippen LogP contribution in [0.2, 0.25) is 0 Å². The van der Waals surface area contributed by atoms with Crippen molar-refractivity contribution in [1.82, 2.24) is 39.9 Å². The van der Waals surface area contributed by atoms with Crippen molar-refractivity contribution in [2.75, 3.05) is 0 Å². The van der Waals surface area contributed by atoms with E-state index in [4.69, 9.17) is 4.98 Å². The van der Waals surface area contributed by atoms with Gasteiger partial charge in [0.25, 0.3) is 0 Å². The predicted octanol–water partition coefficient (Wildman–Crippen LogP) is 13.9. The van der Waals surface area contributed by atoms with Crippen molar-refractivity contribution in [3.05, 3.63) is 188 Å². The van der Waals surface area contributed by atoms with E-state index in [-0.39, 0.29) is 19.8 Å². The van der Waals surface area contributed by atoms with Crippen LogP contribution in [-0.4, -0.2) is 39.9 Å². The summed E-state index contributed by atoms with van der Waals surface area (Å²) in [5.41, 5.74) is 7.39. The zero-order valence-corrected chi connectivity index (χ0v) is 38.3. The van der Waals surface area contributed by atoms with E-state index < -0.39 is 0 Å². The molecule has 0 atom stereocenters. The van der Waals surface area contributed by atoms with Crippen LogP contribution >= 0.6 is 45.3 Å². The number of nitrogens with one attached hydrogen (secondary N) is 1. The Bertz CT molecular complexity index is 3090. The molecule has 0 radical (unpaired) electrons. The summed E-state index contributed by atoms with van der Waals surface area (Å²) in [4.78, 5) is 43.5. The Balaban J connectivity index is 0.000000160. The van der Waals surface area contributed by atoms with E-state index in [0.717, 1.165) is 66.3 Å². The van der Waals surface area contributed by atoms with E-state index in [2.05, 4.69) is 101 Å². The summed E-state index contributed by atoms with van der Waals surface area (Å²) in [6.07, 6.45) is 10.7. The molecule has 0 aliphatic rings. The topological polar surface area (TPSA) is 106 Å². The van der Waals surface area contributed by atoms with Crippen LogP contribution in [0.4, 0.5) is 0 Å². The summed E-state index contributed by atoms with van der Waals surface area (Å²) < 4.78 is 0. The molecule has 1 N–H and O–H groups in total. The van der Waals surface area contributed by atoms with Gasteiger partial charge < -0.3 is 4.98 Å². The van der Waals surface area contributed by atoms with Crippen molar-refractivity contribution >= 4 is 78.2 Å². The zero-order valence-electron chi connectivity index (χ0n) is 32.5.